The van der Waals surface area contributed by atoms with Crippen molar-refractivity contribution in [3.63, 3.8) is 0 Å². The van der Waals surface area contributed by atoms with Gasteiger partial charge < -0.3 is 9.80 Å². The van der Waals surface area contributed by atoms with Crippen molar-refractivity contribution >= 4 is 57.2 Å². The smallest absolute Gasteiger partial charge is 0.252 e. The zero-order valence-corrected chi connectivity index (χ0v) is 62.1. The Labute approximate surface area is 617 Å². The van der Waals surface area contributed by atoms with E-state index >= 15 is 0 Å². The highest BCUT2D eigenvalue weighted by atomic mass is 15.2. The van der Waals surface area contributed by atoms with Crippen LogP contribution in [0.5, 0.6) is 0 Å². The molecule has 3 heteroatoms. The van der Waals surface area contributed by atoms with Gasteiger partial charge in [0, 0.05) is 34.1 Å². The van der Waals surface area contributed by atoms with E-state index < -0.39 is 5.41 Å². The minimum Gasteiger partial charge on any atom is -0.311 e. The van der Waals surface area contributed by atoms with Gasteiger partial charge in [-0.25, -0.2) is 0 Å². The summed E-state index contributed by atoms with van der Waals surface area (Å²) in [6.45, 7) is 28.0. The molecule has 2 nitrogen and oxygen atoms in total. The van der Waals surface area contributed by atoms with Crippen LogP contribution in [0, 0.1) is 0 Å². The largest absolute Gasteiger partial charge is 0.311 e. The highest BCUT2D eigenvalue weighted by molar-refractivity contribution is 7.00. The van der Waals surface area contributed by atoms with Crippen LogP contribution in [0.4, 0.5) is 34.1 Å². The van der Waals surface area contributed by atoms with E-state index in [0.717, 1.165) is 78.6 Å². The maximum absolute atomic E-state index is 2.69. The molecule has 1 aliphatic carbocycles. The Balaban J connectivity index is 1.06. The molecule has 0 spiro atoms. The van der Waals surface area contributed by atoms with Crippen LogP contribution in [0.3, 0.4) is 0 Å². The molecule has 0 amide bonds. The average Bonchev–Trinajstić information content (AvgIpc) is 1.15. The molecule has 0 saturated carbocycles. The molecule has 3 aliphatic rings. The Morgan fingerprint density at radius 2 is 0.529 bits per heavy atom. The SMILES string of the molecule is CC(C)(C)c1cc(-c2ccc3c(c2)N(c2cc(-c4ccccc4)cc(-c4ccccc4)c2)c2cc(C4(c5ccccc5)c5ccccc5-c5ccccc54)cc4c2B3c2ccc(-c3cc(C(C)(C)C)cc(C(C)(C)C)c3)cc2N4c2cc(-c3ccccc3)cc(-c3ccccc3)c2)cc(C(C)(C)C)c1. The lowest BCUT2D eigenvalue weighted by molar-refractivity contribution is 0.568. The van der Waals surface area contributed by atoms with E-state index in [1.807, 2.05) is 0 Å². The first-order valence-corrected chi connectivity index (χ1v) is 37.2. The standard InChI is InChI=1S/C101H89BN2/c1-97(2,3)79-52-76(53-80(62-79)98(4,5)6)70-46-48-90-92(60-70)103(84-56-72(66-32-18-13-19-33-66)50-73(57-84)67-34-20-14-21-35-67)94-64-83(101(78-40-26-17-27-41-78)88-44-30-28-42-86(88)87-43-29-31-45-89(87)101)65-95-96(94)102(90)91-49-47-71(77-54-81(99(7,8)9)63-82(55-77)100(10,11)12)61-93(91)104(95)85-58-74(68-36-22-15-23-37-68)51-75(59-85)69-38-24-16-25-39-69/h13-65H,1-12H3. The van der Waals surface area contributed by atoms with Gasteiger partial charge in [-0.05, 0) is 221 Å². The summed E-state index contributed by atoms with van der Waals surface area (Å²) in [4.78, 5) is 5.39. The molecule has 104 heavy (non-hydrogen) atoms. The van der Waals surface area contributed by atoms with Crippen molar-refractivity contribution in [2.75, 3.05) is 9.80 Å². The molecule has 14 aromatic carbocycles. The molecule has 0 radical (unpaired) electrons. The van der Waals surface area contributed by atoms with Crippen molar-refractivity contribution in [3.05, 3.63) is 366 Å². The molecular formula is C101H89BN2. The number of hydrogen-bond acceptors (Lipinski definition) is 2. The van der Waals surface area contributed by atoms with Gasteiger partial charge in [0.05, 0.1) is 5.41 Å². The maximum Gasteiger partial charge on any atom is 0.252 e. The fourth-order valence-electron chi connectivity index (χ4n) is 16.8. The summed E-state index contributed by atoms with van der Waals surface area (Å²) in [6.07, 6.45) is 0. The summed E-state index contributed by atoms with van der Waals surface area (Å²) < 4.78 is 0. The number of nitrogens with zero attached hydrogens (tertiary/aromatic N) is 2. The zero-order valence-electron chi connectivity index (χ0n) is 62.1. The van der Waals surface area contributed by atoms with Crippen molar-refractivity contribution in [3.8, 4) is 77.9 Å². The number of hydrogen-bond donors (Lipinski definition) is 0. The highest BCUT2D eigenvalue weighted by Gasteiger charge is 2.50. The van der Waals surface area contributed by atoms with Gasteiger partial charge in [0.15, 0.2) is 0 Å². The van der Waals surface area contributed by atoms with Gasteiger partial charge in [0.1, 0.15) is 0 Å². The molecular weight excluding hydrogens is 1250 g/mol. The van der Waals surface area contributed by atoms with Crippen molar-refractivity contribution in [2.45, 2.75) is 110 Å². The third-order valence-electron chi connectivity index (χ3n) is 22.4. The predicted molar refractivity (Wildman–Crippen MR) is 445 cm³/mol. The van der Waals surface area contributed by atoms with Crippen LogP contribution in [0.1, 0.15) is 128 Å². The first-order valence-electron chi connectivity index (χ1n) is 37.2. The summed E-state index contributed by atoms with van der Waals surface area (Å²) in [5, 5.41) is 0. The van der Waals surface area contributed by atoms with Crippen LogP contribution in [0.15, 0.2) is 322 Å². The second-order valence-electron chi connectivity index (χ2n) is 33.4. The first kappa shape index (κ1) is 66.0. The lowest BCUT2D eigenvalue weighted by Crippen LogP contribution is -2.61. The van der Waals surface area contributed by atoms with E-state index in [2.05, 4.69) is 414 Å². The summed E-state index contributed by atoms with van der Waals surface area (Å²) in [7, 11) is 0. The number of fused-ring (bicyclic) bond motifs is 7. The molecule has 0 saturated heterocycles. The maximum atomic E-state index is 2.69. The van der Waals surface area contributed by atoms with E-state index in [0.29, 0.717) is 0 Å². The van der Waals surface area contributed by atoms with Crippen LogP contribution < -0.4 is 26.2 Å². The molecule has 0 N–H and O–H groups in total. The molecule has 0 bridgehead atoms. The fraction of sp³-hybridized carbons (Fsp3) is 0.168. The molecule has 0 fully saturated rings. The number of benzene rings is 14. The summed E-state index contributed by atoms with van der Waals surface area (Å²) >= 11 is 0. The second-order valence-corrected chi connectivity index (χ2v) is 33.4. The van der Waals surface area contributed by atoms with Gasteiger partial charge in [-0.1, -0.05) is 344 Å². The van der Waals surface area contributed by atoms with Gasteiger partial charge >= 0.3 is 0 Å². The van der Waals surface area contributed by atoms with Gasteiger partial charge in [-0.2, -0.15) is 0 Å². The Kier molecular flexibility index (Phi) is 15.9. The fourth-order valence-corrected chi connectivity index (χ4v) is 16.8. The van der Waals surface area contributed by atoms with Gasteiger partial charge in [-0.15, -0.1) is 0 Å². The molecule has 2 aliphatic heterocycles. The molecule has 506 valence electrons. The molecule has 0 unspecified atom stereocenters. The average molecular weight is 1340 g/mol. The van der Waals surface area contributed by atoms with Crippen molar-refractivity contribution < 1.29 is 0 Å². The second kappa shape index (κ2) is 25.0. The van der Waals surface area contributed by atoms with Gasteiger partial charge in [-0.3, -0.25) is 0 Å². The number of anilines is 6. The first-order chi connectivity index (χ1) is 50.1. The highest BCUT2D eigenvalue weighted by Crippen LogP contribution is 2.59. The lowest BCUT2D eigenvalue weighted by atomic mass is 9.33. The third kappa shape index (κ3) is 11.4. The predicted octanol–water partition coefficient (Wildman–Crippen LogP) is 25.3. The van der Waals surface area contributed by atoms with E-state index in [-0.39, 0.29) is 28.4 Å². The van der Waals surface area contributed by atoms with Crippen molar-refractivity contribution in [1.82, 2.24) is 0 Å². The minimum atomic E-state index is -0.785. The minimum absolute atomic E-state index is 0.0960. The van der Waals surface area contributed by atoms with E-state index in [1.54, 1.807) is 0 Å². The van der Waals surface area contributed by atoms with E-state index in [1.165, 1.54) is 94.3 Å². The molecule has 0 aromatic heterocycles. The monoisotopic (exact) mass is 1340 g/mol. The van der Waals surface area contributed by atoms with Crippen LogP contribution in [-0.4, -0.2) is 6.71 Å². The molecule has 2 heterocycles. The Bertz CT molecular complexity index is 5140. The third-order valence-corrected chi connectivity index (χ3v) is 22.4. The number of rotatable bonds is 10. The van der Waals surface area contributed by atoms with Crippen LogP contribution in [0.25, 0.3) is 77.9 Å². The van der Waals surface area contributed by atoms with Crippen LogP contribution in [0.2, 0.25) is 0 Å². The normalized spacial score (nSPS) is 13.6. The van der Waals surface area contributed by atoms with E-state index in [9.17, 15) is 0 Å². The summed E-state index contributed by atoms with van der Waals surface area (Å²) in [5.74, 6) is 0. The van der Waals surface area contributed by atoms with E-state index in [4.69, 9.17) is 0 Å². The topological polar surface area (TPSA) is 6.48 Å². The van der Waals surface area contributed by atoms with Gasteiger partial charge in [0.25, 0.3) is 6.71 Å². The van der Waals surface area contributed by atoms with Crippen LogP contribution >= 0.6 is 0 Å². The summed E-state index contributed by atoms with van der Waals surface area (Å²) in [5.41, 5.74) is 36.1. The Hall–Kier alpha value is -11.3. The molecule has 14 aromatic rings. The molecule has 17 rings (SSSR count). The zero-order chi connectivity index (χ0) is 71.6. The summed E-state index contributed by atoms with van der Waals surface area (Å²) in [6, 6.07) is 124. The quantitative estimate of drug-likeness (QED) is 0.126. The van der Waals surface area contributed by atoms with Crippen molar-refractivity contribution in [1.29, 1.82) is 0 Å². The van der Waals surface area contributed by atoms with Crippen LogP contribution in [-0.2, 0) is 27.1 Å². The lowest BCUT2D eigenvalue weighted by Gasteiger charge is -2.46. The Morgan fingerprint density at radius 3 is 0.856 bits per heavy atom. The molecule has 0 atom stereocenters. The Morgan fingerprint density at radius 1 is 0.231 bits per heavy atom. The van der Waals surface area contributed by atoms with Crippen molar-refractivity contribution in [2.24, 2.45) is 0 Å². The van der Waals surface area contributed by atoms with Gasteiger partial charge in [0.2, 0.25) is 0 Å².